The Morgan fingerprint density at radius 3 is 2.84 bits per heavy atom. The van der Waals surface area contributed by atoms with E-state index in [1.54, 1.807) is 0 Å². The van der Waals surface area contributed by atoms with Crippen LogP contribution in [0.5, 0.6) is 0 Å². The quantitative estimate of drug-likeness (QED) is 0.465. The highest BCUT2D eigenvalue weighted by atomic mass is 16.5. The van der Waals surface area contributed by atoms with Crippen molar-refractivity contribution in [2.45, 2.75) is 13.0 Å². The van der Waals surface area contributed by atoms with E-state index in [0.717, 1.165) is 56.8 Å². The van der Waals surface area contributed by atoms with Crippen LogP contribution in [-0.2, 0) is 11.8 Å². The predicted molar refractivity (Wildman–Crippen MR) is 127 cm³/mol. The van der Waals surface area contributed by atoms with E-state index in [0.29, 0.717) is 13.2 Å². The van der Waals surface area contributed by atoms with Crippen LogP contribution in [0.3, 0.4) is 0 Å². The van der Waals surface area contributed by atoms with Crippen molar-refractivity contribution in [1.82, 2.24) is 24.7 Å². The first-order chi connectivity index (χ1) is 15.7. The first kappa shape index (κ1) is 19.0. The fourth-order valence-corrected chi connectivity index (χ4v) is 4.59. The van der Waals surface area contributed by atoms with Gasteiger partial charge < -0.3 is 14.6 Å². The number of H-pyrrole nitrogens is 1. The highest BCUT2D eigenvalue weighted by molar-refractivity contribution is 5.98. The van der Waals surface area contributed by atoms with Crippen LogP contribution in [0.15, 0.2) is 60.9 Å². The number of aryl methyl sites for hydroxylation is 1. The van der Waals surface area contributed by atoms with Crippen molar-refractivity contribution in [2.75, 3.05) is 24.7 Å². The Balaban J connectivity index is 1.60. The summed E-state index contributed by atoms with van der Waals surface area (Å²) in [7, 11) is 1.96. The summed E-state index contributed by atoms with van der Waals surface area (Å²) in [6.07, 6.45) is 3.78. The van der Waals surface area contributed by atoms with E-state index in [1.807, 2.05) is 36.3 Å². The van der Waals surface area contributed by atoms with Gasteiger partial charge in [0, 0.05) is 53.4 Å². The molecule has 160 valence electrons. The lowest BCUT2D eigenvalue weighted by molar-refractivity contribution is 0.0987. The summed E-state index contributed by atoms with van der Waals surface area (Å²) >= 11 is 0. The zero-order valence-corrected chi connectivity index (χ0v) is 18.1. The molecule has 0 spiro atoms. The average molecular weight is 425 g/mol. The molecule has 0 radical (unpaired) electrons. The van der Waals surface area contributed by atoms with Crippen LogP contribution in [0.4, 0.5) is 5.82 Å². The van der Waals surface area contributed by atoms with Gasteiger partial charge in [0.05, 0.1) is 30.5 Å². The minimum absolute atomic E-state index is 0.234. The standard InChI is InChI=1S/C25H24N6O/c1-16-15-32-13-12-31(16)25-20-14-17(23-9-11-27-30(23)2)6-7-22(20)28-24(29-25)19-4-3-5-21-18(19)8-10-26-21/h3-11,14,16,26H,12-13,15H2,1-2H3/t16-/m1/s1. The van der Waals surface area contributed by atoms with Crippen LogP contribution in [0.1, 0.15) is 6.92 Å². The molecule has 1 saturated heterocycles. The highest BCUT2D eigenvalue weighted by Gasteiger charge is 2.24. The van der Waals surface area contributed by atoms with Gasteiger partial charge in [-0.1, -0.05) is 18.2 Å². The van der Waals surface area contributed by atoms with E-state index < -0.39 is 0 Å². The van der Waals surface area contributed by atoms with E-state index in [2.05, 4.69) is 58.3 Å². The molecule has 0 saturated carbocycles. The summed E-state index contributed by atoms with van der Waals surface area (Å²) in [5, 5.41) is 6.50. The lowest BCUT2D eigenvalue weighted by atomic mass is 10.1. The fraction of sp³-hybridized carbons (Fsp3) is 0.240. The number of nitrogens with one attached hydrogen (secondary N) is 1. The molecule has 5 aromatic rings. The maximum atomic E-state index is 5.71. The number of benzene rings is 2. The van der Waals surface area contributed by atoms with Gasteiger partial charge in [0.15, 0.2) is 5.82 Å². The minimum Gasteiger partial charge on any atom is -0.377 e. The van der Waals surface area contributed by atoms with E-state index in [9.17, 15) is 0 Å². The topological polar surface area (TPSA) is 71.9 Å². The second-order valence-electron chi connectivity index (χ2n) is 8.30. The summed E-state index contributed by atoms with van der Waals surface area (Å²) in [5.74, 6) is 1.70. The molecule has 4 heterocycles. The first-order valence-electron chi connectivity index (χ1n) is 10.9. The van der Waals surface area contributed by atoms with Crippen LogP contribution in [0, 0.1) is 0 Å². The van der Waals surface area contributed by atoms with Gasteiger partial charge in [0.25, 0.3) is 0 Å². The number of nitrogens with zero attached hydrogens (tertiary/aromatic N) is 5. The van der Waals surface area contributed by atoms with Crippen LogP contribution < -0.4 is 4.90 Å². The molecule has 0 aliphatic carbocycles. The van der Waals surface area contributed by atoms with E-state index in [-0.39, 0.29) is 6.04 Å². The van der Waals surface area contributed by atoms with Crippen LogP contribution in [0.2, 0.25) is 0 Å². The SMILES string of the molecule is C[C@@H]1COCCN1c1nc(-c2cccc3[nH]ccc23)nc2ccc(-c3ccnn3C)cc12. The third kappa shape index (κ3) is 3.05. The second-order valence-corrected chi connectivity index (χ2v) is 8.30. The Morgan fingerprint density at radius 1 is 1.06 bits per heavy atom. The molecule has 0 bridgehead atoms. The number of aromatic nitrogens is 5. The van der Waals surface area contributed by atoms with Gasteiger partial charge in [-0.15, -0.1) is 0 Å². The van der Waals surface area contributed by atoms with Crippen molar-refractivity contribution >= 4 is 27.6 Å². The van der Waals surface area contributed by atoms with Crippen LogP contribution in [0.25, 0.3) is 44.5 Å². The Kier molecular flexibility index (Phi) is 4.43. The second kappa shape index (κ2) is 7.46. The zero-order valence-electron chi connectivity index (χ0n) is 18.1. The molecule has 7 heteroatoms. The molecule has 32 heavy (non-hydrogen) atoms. The van der Waals surface area contributed by atoms with Crippen LogP contribution in [-0.4, -0.2) is 50.5 Å². The van der Waals surface area contributed by atoms with Gasteiger partial charge in [-0.3, -0.25) is 4.68 Å². The largest absolute Gasteiger partial charge is 0.377 e. The van der Waals surface area contributed by atoms with Gasteiger partial charge in [0.2, 0.25) is 0 Å². The third-order valence-electron chi connectivity index (χ3n) is 6.27. The molecule has 7 nitrogen and oxygen atoms in total. The Bertz CT molecular complexity index is 1440. The molecular weight excluding hydrogens is 400 g/mol. The van der Waals surface area contributed by atoms with Crippen molar-refractivity contribution in [3.63, 3.8) is 0 Å². The number of morpholine rings is 1. The lowest BCUT2D eigenvalue weighted by Gasteiger charge is -2.35. The molecule has 1 N–H and O–H groups in total. The molecule has 1 atom stereocenters. The van der Waals surface area contributed by atoms with Gasteiger partial charge in [0.1, 0.15) is 5.82 Å². The number of ether oxygens (including phenoxy) is 1. The molecule has 1 aliphatic heterocycles. The molecule has 0 unspecified atom stereocenters. The number of fused-ring (bicyclic) bond motifs is 2. The number of anilines is 1. The Hall–Kier alpha value is -3.71. The van der Waals surface area contributed by atoms with Crippen molar-refractivity contribution in [1.29, 1.82) is 0 Å². The monoisotopic (exact) mass is 424 g/mol. The lowest BCUT2D eigenvalue weighted by Crippen LogP contribution is -2.44. The van der Waals surface area contributed by atoms with E-state index in [1.165, 1.54) is 0 Å². The third-order valence-corrected chi connectivity index (χ3v) is 6.27. The number of rotatable bonds is 3. The maximum absolute atomic E-state index is 5.71. The van der Waals surface area contributed by atoms with Gasteiger partial charge >= 0.3 is 0 Å². The zero-order chi connectivity index (χ0) is 21.7. The minimum atomic E-state index is 0.234. The molecule has 0 amide bonds. The molecule has 6 rings (SSSR count). The highest BCUT2D eigenvalue weighted by Crippen LogP contribution is 2.34. The number of hydrogen-bond acceptors (Lipinski definition) is 5. The summed E-state index contributed by atoms with van der Waals surface area (Å²) in [6, 6.07) is 16.9. The molecule has 1 aliphatic rings. The molecule has 2 aromatic carbocycles. The van der Waals surface area contributed by atoms with E-state index >= 15 is 0 Å². The average Bonchev–Trinajstić information content (AvgIpc) is 3.47. The maximum Gasteiger partial charge on any atom is 0.162 e. The smallest absolute Gasteiger partial charge is 0.162 e. The number of hydrogen-bond donors (Lipinski definition) is 1. The summed E-state index contributed by atoms with van der Waals surface area (Å²) in [4.78, 5) is 15.8. The summed E-state index contributed by atoms with van der Waals surface area (Å²) in [6.45, 7) is 4.37. The van der Waals surface area contributed by atoms with Gasteiger partial charge in [-0.25, -0.2) is 9.97 Å². The Labute approximate surface area is 185 Å². The van der Waals surface area contributed by atoms with Gasteiger partial charge in [-0.05, 0) is 37.3 Å². The van der Waals surface area contributed by atoms with E-state index in [4.69, 9.17) is 14.7 Å². The summed E-state index contributed by atoms with van der Waals surface area (Å²) < 4.78 is 7.59. The molecule has 1 fully saturated rings. The molecule has 3 aromatic heterocycles. The van der Waals surface area contributed by atoms with Gasteiger partial charge in [-0.2, -0.15) is 5.10 Å². The van der Waals surface area contributed by atoms with Crippen molar-refractivity contribution in [3.8, 4) is 22.6 Å². The predicted octanol–water partition coefficient (Wildman–Crippen LogP) is 4.40. The van der Waals surface area contributed by atoms with Crippen molar-refractivity contribution in [2.24, 2.45) is 7.05 Å². The Morgan fingerprint density at radius 2 is 2.00 bits per heavy atom. The fourth-order valence-electron chi connectivity index (χ4n) is 4.59. The number of aromatic amines is 1. The van der Waals surface area contributed by atoms with Crippen molar-refractivity contribution in [3.05, 3.63) is 60.9 Å². The van der Waals surface area contributed by atoms with Crippen molar-refractivity contribution < 1.29 is 4.74 Å². The summed E-state index contributed by atoms with van der Waals surface area (Å²) in [5.41, 5.74) is 5.21. The first-order valence-corrected chi connectivity index (χ1v) is 10.9. The molecular formula is C25H24N6O. The van der Waals surface area contributed by atoms with Crippen LogP contribution >= 0.6 is 0 Å². The normalized spacial score (nSPS) is 16.8.